The standard InChI is InChI=1S/C11H14ClN4O3P/c1-3-18-20(17,19-4-2)11-13-14-15-16(11)10-8-6-5-7-9(10)12/h5-8H,3-4H2,1-2H3. The summed E-state index contributed by atoms with van der Waals surface area (Å²) in [6.07, 6.45) is 0. The lowest BCUT2D eigenvalue weighted by Crippen LogP contribution is -2.22. The van der Waals surface area contributed by atoms with Crippen LogP contribution in [0.4, 0.5) is 0 Å². The van der Waals surface area contributed by atoms with Crippen LogP contribution < -0.4 is 5.57 Å². The molecule has 0 fully saturated rings. The second kappa shape index (κ2) is 6.45. The normalized spacial score (nSPS) is 11.8. The number of hydrogen-bond acceptors (Lipinski definition) is 6. The minimum absolute atomic E-state index is 0.00861. The fourth-order valence-electron chi connectivity index (χ4n) is 1.63. The van der Waals surface area contributed by atoms with Gasteiger partial charge in [-0.25, -0.2) is 0 Å². The summed E-state index contributed by atoms with van der Waals surface area (Å²) in [4.78, 5) is 0. The van der Waals surface area contributed by atoms with Gasteiger partial charge in [-0.05, 0) is 36.4 Å². The Kier molecular flexibility index (Phi) is 4.88. The van der Waals surface area contributed by atoms with Gasteiger partial charge in [-0.1, -0.05) is 28.8 Å². The molecule has 0 aliphatic rings. The van der Waals surface area contributed by atoms with Crippen molar-refractivity contribution in [3.8, 4) is 5.69 Å². The van der Waals surface area contributed by atoms with Crippen LogP contribution in [-0.4, -0.2) is 33.4 Å². The lowest BCUT2D eigenvalue weighted by atomic mass is 10.3. The highest BCUT2D eigenvalue weighted by Gasteiger charge is 2.34. The maximum absolute atomic E-state index is 12.7. The third-order valence-corrected chi connectivity index (χ3v) is 4.66. The zero-order valence-corrected chi connectivity index (χ0v) is 12.7. The predicted molar refractivity (Wildman–Crippen MR) is 74.7 cm³/mol. The van der Waals surface area contributed by atoms with E-state index < -0.39 is 7.60 Å². The summed E-state index contributed by atoms with van der Waals surface area (Å²) < 4.78 is 24.5. The van der Waals surface area contributed by atoms with Crippen LogP contribution in [0.1, 0.15) is 13.8 Å². The average molecular weight is 317 g/mol. The van der Waals surface area contributed by atoms with Crippen LogP contribution >= 0.6 is 19.2 Å². The third-order valence-electron chi connectivity index (χ3n) is 2.38. The van der Waals surface area contributed by atoms with E-state index in [0.29, 0.717) is 10.7 Å². The molecule has 20 heavy (non-hydrogen) atoms. The van der Waals surface area contributed by atoms with Crippen molar-refractivity contribution in [1.29, 1.82) is 0 Å². The summed E-state index contributed by atoms with van der Waals surface area (Å²) in [6, 6.07) is 6.96. The van der Waals surface area contributed by atoms with E-state index in [9.17, 15) is 4.57 Å². The van der Waals surface area contributed by atoms with Crippen LogP contribution in [0.3, 0.4) is 0 Å². The SMILES string of the molecule is CCOP(=O)(OCC)c1nnnn1-c1ccccc1Cl. The number of aromatic nitrogens is 4. The van der Waals surface area contributed by atoms with Crippen molar-refractivity contribution < 1.29 is 13.6 Å². The molecule has 0 saturated carbocycles. The number of nitrogens with zero attached hydrogens (tertiary/aromatic N) is 4. The molecule has 0 saturated heterocycles. The maximum atomic E-state index is 12.7. The number of para-hydroxylation sites is 1. The van der Waals surface area contributed by atoms with Gasteiger partial charge in [0.2, 0.25) is 0 Å². The highest BCUT2D eigenvalue weighted by molar-refractivity contribution is 7.61. The van der Waals surface area contributed by atoms with Gasteiger partial charge >= 0.3 is 7.60 Å². The predicted octanol–water partition coefficient (Wildman–Crippen LogP) is 2.21. The second-order valence-electron chi connectivity index (χ2n) is 3.68. The first-order valence-electron chi connectivity index (χ1n) is 6.05. The van der Waals surface area contributed by atoms with Crippen molar-refractivity contribution in [3.63, 3.8) is 0 Å². The van der Waals surface area contributed by atoms with E-state index in [1.165, 1.54) is 4.68 Å². The van der Waals surface area contributed by atoms with E-state index >= 15 is 0 Å². The zero-order chi connectivity index (χ0) is 14.6. The van der Waals surface area contributed by atoms with Crippen molar-refractivity contribution in [2.45, 2.75) is 13.8 Å². The zero-order valence-electron chi connectivity index (χ0n) is 11.1. The number of rotatable bonds is 6. The Balaban J connectivity index is 2.52. The summed E-state index contributed by atoms with van der Waals surface area (Å²) in [5, 5.41) is 11.6. The molecule has 9 heteroatoms. The Morgan fingerprint density at radius 3 is 2.50 bits per heavy atom. The Labute approximate surface area is 121 Å². The van der Waals surface area contributed by atoms with Gasteiger partial charge < -0.3 is 9.05 Å². The number of tetrazole rings is 1. The van der Waals surface area contributed by atoms with Crippen LogP contribution in [0.25, 0.3) is 5.69 Å². The summed E-state index contributed by atoms with van der Waals surface area (Å²) in [5.74, 6) is 0. The quantitative estimate of drug-likeness (QED) is 0.760. The van der Waals surface area contributed by atoms with Crippen molar-refractivity contribution >= 4 is 24.8 Å². The highest BCUT2D eigenvalue weighted by atomic mass is 35.5. The van der Waals surface area contributed by atoms with Gasteiger partial charge in [0.05, 0.1) is 23.9 Å². The van der Waals surface area contributed by atoms with Gasteiger partial charge in [-0.2, -0.15) is 4.68 Å². The van der Waals surface area contributed by atoms with Crippen molar-refractivity contribution in [2.24, 2.45) is 0 Å². The smallest absolute Gasteiger partial charge is 0.303 e. The molecular formula is C11H14ClN4O3P. The van der Waals surface area contributed by atoms with Crippen LogP contribution in [0.2, 0.25) is 5.02 Å². The molecule has 0 radical (unpaired) electrons. The minimum atomic E-state index is -3.58. The first-order valence-corrected chi connectivity index (χ1v) is 7.97. The van der Waals surface area contributed by atoms with Gasteiger partial charge in [0.1, 0.15) is 0 Å². The molecule has 0 aliphatic heterocycles. The number of benzene rings is 1. The van der Waals surface area contributed by atoms with Crippen LogP contribution in [0.5, 0.6) is 0 Å². The minimum Gasteiger partial charge on any atom is -0.303 e. The monoisotopic (exact) mass is 316 g/mol. The van der Waals surface area contributed by atoms with Gasteiger partial charge in [-0.15, -0.1) is 0 Å². The lowest BCUT2D eigenvalue weighted by Gasteiger charge is -2.16. The second-order valence-corrected chi connectivity index (χ2v) is 5.99. The molecule has 7 nitrogen and oxygen atoms in total. The molecule has 0 N–H and O–H groups in total. The fourth-order valence-corrected chi connectivity index (χ4v) is 3.36. The summed E-state index contributed by atoms with van der Waals surface area (Å²) in [5.41, 5.74) is 0.517. The van der Waals surface area contributed by atoms with Crippen molar-refractivity contribution in [2.75, 3.05) is 13.2 Å². The van der Waals surface area contributed by atoms with Gasteiger partial charge in [0, 0.05) is 0 Å². The van der Waals surface area contributed by atoms with Gasteiger partial charge in [-0.3, -0.25) is 4.57 Å². The highest BCUT2D eigenvalue weighted by Crippen LogP contribution is 2.46. The summed E-state index contributed by atoms with van der Waals surface area (Å²) in [6.45, 7) is 3.87. The van der Waals surface area contributed by atoms with Crippen LogP contribution in [-0.2, 0) is 13.6 Å². The molecule has 0 amide bonds. The molecule has 0 bridgehead atoms. The Morgan fingerprint density at radius 2 is 1.90 bits per heavy atom. The number of halogens is 1. The molecule has 1 aromatic heterocycles. The van der Waals surface area contributed by atoms with E-state index in [4.69, 9.17) is 20.6 Å². The lowest BCUT2D eigenvalue weighted by molar-refractivity contribution is 0.228. The number of hydrogen-bond donors (Lipinski definition) is 0. The molecule has 2 aromatic rings. The van der Waals surface area contributed by atoms with E-state index in [2.05, 4.69) is 15.5 Å². The summed E-state index contributed by atoms with van der Waals surface area (Å²) >= 11 is 6.10. The van der Waals surface area contributed by atoms with Gasteiger partial charge in [0.15, 0.2) is 0 Å². The molecule has 0 spiro atoms. The van der Waals surface area contributed by atoms with E-state index in [1.807, 2.05) is 0 Å². The molecule has 108 valence electrons. The Bertz CT molecular complexity index is 624. The fraction of sp³-hybridized carbons (Fsp3) is 0.364. The largest absolute Gasteiger partial charge is 0.400 e. The Morgan fingerprint density at radius 1 is 1.25 bits per heavy atom. The molecule has 2 rings (SSSR count). The first kappa shape index (κ1) is 15.1. The average Bonchev–Trinajstić information content (AvgIpc) is 2.89. The van der Waals surface area contributed by atoms with Crippen LogP contribution in [0.15, 0.2) is 24.3 Å². The van der Waals surface area contributed by atoms with Gasteiger partial charge in [0.25, 0.3) is 5.57 Å². The van der Waals surface area contributed by atoms with E-state index in [0.717, 1.165) is 0 Å². The maximum Gasteiger partial charge on any atom is 0.400 e. The Hall–Kier alpha value is -1.27. The molecule has 0 aliphatic carbocycles. The molecule has 0 atom stereocenters. The molecule has 1 aromatic carbocycles. The van der Waals surface area contributed by atoms with Crippen LogP contribution in [0, 0.1) is 0 Å². The molecular weight excluding hydrogens is 303 g/mol. The third kappa shape index (κ3) is 2.91. The first-order chi connectivity index (χ1) is 9.62. The molecule has 1 heterocycles. The summed E-state index contributed by atoms with van der Waals surface area (Å²) in [7, 11) is -3.58. The van der Waals surface area contributed by atoms with E-state index in [-0.39, 0.29) is 18.8 Å². The van der Waals surface area contributed by atoms with E-state index in [1.54, 1.807) is 38.1 Å². The topological polar surface area (TPSA) is 79.1 Å². The van der Waals surface area contributed by atoms with Crippen molar-refractivity contribution in [3.05, 3.63) is 29.3 Å². The van der Waals surface area contributed by atoms with Crippen molar-refractivity contribution in [1.82, 2.24) is 20.2 Å². The molecule has 0 unspecified atom stereocenters.